The maximum Gasteiger partial charge on any atom is 0.290 e. The summed E-state index contributed by atoms with van der Waals surface area (Å²) in [7, 11) is 0. The van der Waals surface area contributed by atoms with Gasteiger partial charge in [-0.3, -0.25) is 4.79 Å². The Morgan fingerprint density at radius 2 is 2.12 bits per heavy atom. The summed E-state index contributed by atoms with van der Waals surface area (Å²) in [6.45, 7) is 4.52. The molecule has 0 atom stereocenters. The van der Waals surface area contributed by atoms with E-state index in [1.807, 2.05) is 13.8 Å². The average molecular weight is 337 g/mol. The molecule has 0 aliphatic heterocycles. The fourth-order valence-electron chi connectivity index (χ4n) is 3.50. The molecule has 1 amide bonds. The van der Waals surface area contributed by atoms with E-state index in [-0.39, 0.29) is 17.6 Å². The molecule has 0 bridgehead atoms. The van der Waals surface area contributed by atoms with Gasteiger partial charge in [-0.1, -0.05) is 25.1 Å². The number of fused-ring (bicyclic) bond motifs is 3. The van der Waals surface area contributed by atoms with Crippen LogP contribution in [0, 0.1) is 0 Å². The van der Waals surface area contributed by atoms with Crippen molar-refractivity contribution in [3.63, 3.8) is 0 Å². The number of aromatic nitrogens is 2. The first-order valence-corrected chi connectivity index (χ1v) is 8.99. The van der Waals surface area contributed by atoms with Crippen molar-refractivity contribution in [1.29, 1.82) is 0 Å². The van der Waals surface area contributed by atoms with Gasteiger partial charge in [0, 0.05) is 29.2 Å². The molecule has 0 radical (unpaired) electrons. The zero-order chi connectivity index (χ0) is 17.4. The van der Waals surface area contributed by atoms with Crippen LogP contribution in [-0.2, 0) is 19.4 Å². The summed E-state index contributed by atoms with van der Waals surface area (Å²) in [4.78, 5) is 15.8. The topological polar surface area (TPSA) is 70.9 Å². The summed E-state index contributed by atoms with van der Waals surface area (Å²) in [6.07, 6.45) is 4.80. The summed E-state index contributed by atoms with van der Waals surface area (Å²) < 4.78 is 5.14. The third-order valence-corrected chi connectivity index (χ3v) is 4.96. The highest BCUT2D eigenvalue weighted by molar-refractivity contribution is 5.91. The lowest BCUT2D eigenvalue weighted by atomic mass is 9.95. The van der Waals surface area contributed by atoms with E-state index in [0.717, 1.165) is 24.1 Å². The monoisotopic (exact) mass is 337 g/mol. The van der Waals surface area contributed by atoms with Crippen molar-refractivity contribution in [1.82, 2.24) is 15.5 Å². The van der Waals surface area contributed by atoms with E-state index in [0.29, 0.717) is 6.54 Å². The van der Waals surface area contributed by atoms with Gasteiger partial charge in [0.05, 0.1) is 5.69 Å². The Morgan fingerprint density at radius 1 is 1.28 bits per heavy atom. The molecule has 1 aromatic carbocycles. The first-order chi connectivity index (χ1) is 12.1. The largest absolute Gasteiger partial charge is 0.358 e. The fourth-order valence-corrected chi connectivity index (χ4v) is 3.50. The number of aromatic amines is 1. The molecule has 0 fully saturated rings. The van der Waals surface area contributed by atoms with E-state index >= 15 is 0 Å². The lowest BCUT2D eigenvalue weighted by Gasteiger charge is -2.10. The Labute approximate surface area is 146 Å². The highest BCUT2D eigenvalue weighted by Crippen LogP contribution is 2.29. The van der Waals surface area contributed by atoms with Gasteiger partial charge in [0.15, 0.2) is 0 Å². The molecule has 2 heterocycles. The minimum absolute atomic E-state index is 0.226. The van der Waals surface area contributed by atoms with Crippen LogP contribution in [0.4, 0.5) is 0 Å². The molecule has 4 rings (SSSR count). The van der Waals surface area contributed by atoms with Crippen LogP contribution in [0.25, 0.3) is 10.9 Å². The maximum absolute atomic E-state index is 12.2. The molecular weight excluding hydrogens is 314 g/mol. The van der Waals surface area contributed by atoms with Crippen LogP contribution in [0.1, 0.15) is 65.7 Å². The summed E-state index contributed by atoms with van der Waals surface area (Å²) in [5.41, 5.74) is 5.91. The van der Waals surface area contributed by atoms with Crippen molar-refractivity contribution in [2.24, 2.45) is 0 Å². The van der Waals surface area contributed by atoms with Crippen molar-refractivity contribution in [2.75, 3.05) is 0 Å². The van der Waals surface area contributed by atoms with Crippen LogP contribution in [0.3, 0.4) is 0 Å². The van der Waals surface area contributed by atoms with Crippen molar-refractivity contribution in [3.05, 3.63) is 52.5 Å². The van der Waals surface area contributed by atoms with Crippen molar-refractivity contribution in [2.45, 2.75) is 52.0 Å². The van der Waals surface area contributed by atoms with E-state index in [1.54, 1.807) is 6.07 Å². The molecule has 3 aromatic rings. The van der Waals surface area contributed by atoms with Crippen molar-refractivity contribution in [3.8, 4) is 0 Å². The van der Waals surface area contributed by atoms with Crippen LogP contribution in [0.5, 0.6) is 0 Å². The molecule has 0 spiro atoms. The van der Waals surface area contributed by atoms with Gasteiger partial charge in [-0.2, -0.15) is 0 Å². The third-order valence-electron chi connectivity index (χ3n) is 4.96. The Kier molecular flexibility index (Phi) is 4.07. The molecule has 0 unspecified atom stereocenters. The van der Waals surface area contributed by atoms with Gasteiger partial charge in [-0.05, 0) is 54.9 Å². The molecule has 2 N–H and O–H groups in total. The van der Waals surface area contributed by atoms with Gasteiger partial charge < -0.3 is 14.8 Å². The van der Waals surface area contributed by atoms with Crippen LogP contribution in [0.2, 0.25) is 0 Å². The lowest BCUT2D eigenvalue weighted by Crippen LogP contribution is -2.22. The second kappa shape index (κ2) is 6.39. The number of carbonyl (C=O) groups is 1. The highest BCUT2D eigenvalue weighted by Gasteiger charge is 2.17. The molecular formula is C20H23N3O2. The summed E-state index contributed by atoms with van der Waals surface area (Å²) in [5, 5.41) is 8.15. The summed E-state index contributed by atoms with van der Waals surface area (Å²) in [6, 6.07) is 8.08. The standard InChI is InChI=1S/C20H23N3O2/c1-12(2)18-10-19(25-23-18)20(24)21-11-13-7-8-17-15(9-13)14-5-3-4-6-16(14)22-17/h7-10,12,22H,3-6,11H2,1-2H3,(H,21,24). The number of H-pyrrole nitrogens is 1. The normalized spacial score (nSPS) is 14.0. The van der Waals surface area contributed by atoms with Gasteiger partial charge in [0.2, 0.25) is 5.76 Å². The van der Waals surface area contributed by atoms with Crippen molar-refractivity contribution < 1.29 is 9.32 Å². The molecule has 1 aliphatic rings. The van der Waals surface area contributed by atoms with Gasteiger partial charge in [0.1, 0.15) is 0 Å². The predicted octanol–water partition coefficient (Wildman–Crippen LogP) is 4.09. The number of carbonyl (C=O) groups excluding carboxylic acids is 1. The van der Waals surface area contributed by atoms with Crippen LogP contribution in [-0.4, -0.2) is 16.0 Å². The molecule has 2 aromatic heterocycles. The number of hydrogen-bond acceptors (Lipinski definition) is 3. The quantitative estimate of drug-likeness (QED) is 0.753. The molecule has 1 aliphatic carbocycles. The molecule has 130 valence electrons. The van der Waals surface area contributed by atoms with E-state index in [4.69, 9.17) is 4.52 Å². The smallest absolute Gasteiger partial charge is 0.290 e. The molecule has 5 heteroatoms. The second-order valence-corrected chi connectivity index (χ2v) is 7.12. The summed E-state index contributed by atoms with van der Waals surface area (Å²) >= 11 is 0. The molecule has 25 heavy (non-hydrogen) atoms. The third kappa shape index (κ3) is 3.06. The van der Waals surface area contributed by atoms with Crippen LogP contribution < -0.4 is 5.32 Å². The summed E-state index contributed by atoms with van der Waals surface area (Å²) in [5.74, 6) is 0.284. The number of benzene rings is 1. The first kappa shape index (κ1) is 15.9. The molecule has 0 saturated carbocycles. The lowest BCUT2D eigenvalue weighted by molar-refractivity contribution is 0.0914. The number of nitrogens with zero attached hydrogens (tertiary/aromatic N) is 1. The zero-order valence-corrected chi connectivity index (χ0v) is 14.7. The van der Waals surface area contributed by atoms with Crippen molar-refractivity contribution >= 4 is 16.8 Å². The Bertz CT molecular complexity index is 920. The number of nitrogens with one attached hydrogen (secondary N) is 2. The average Bonchev–Trinajstić information content (AvgIpc) is 3.24. The number of rotatable bonds is 4. The van der Waals surface area contributed by atoms with Crippen LogP contribution in [0.15, 0.2) is 28.8 Å². The van der Waals surface area contributed by atoms with E-state index in [9.17, 15) is 4.79 Å². The predicted molar refractivity (Wildman–Crippen MR) is 96.7 cm³/mol. The van der Waals surface area contributed by atoms with Gasteiger partial charge in [-0.15, -0.1) is 0 Å². The Hall–Kier alpha value is -2.56. The SMILES string of the molecule is CC(C)c1cc(C(=O)NCc2ccc3[nH]c4c(c3c2)CCCC4)on1. The number of amides is 1. The van der Waals surface area contributed by atoms with Gasteiger partial charge in [-0.25, -0.2) is 0 Å². The minimum atomic E-state index is -0.226. The Balaban J connectivity index is 1.49. The highest BCUT2D eigenvalue weighted by atomic mass is 16.5. The molecule has 5 nitrogen and oxygen atoms in total. The van der Waals surface area contributed by atoms with Crippen LogP contribution >= 0.6 is 0 Å². The first-order valence-electron chi connectivity index (χ1n) is 8.99. The Morgan fingerprint density at radius 3 is 2.92 bits per heavy atom. The second-order valence-electron chi connectivity index (χ2n) is 7.12. The minimum Gasteiger partial charge on any atom is -0.358 e. The number of aryl methyl sites for hydroxylation is 2. The maximum atomic E-state index is 12.2. The molecule has 0 saturated heterocycles. The number of hydrogen-bond donors (Lipinski definition) is 2. The zero-order valence-electron chi connectivity index (χ0n) is 14.7. The van der Waals surface area contributed by atoms with E-state index in [1.165, 1.54) is 35.0 Å². The fraction of sp³-hybridized carbons (Fsp3) is 0.400. The van der Waals surface area contributed by atoms with Gasteiger partial charge >= 0.3 is 0 Å². The van der Waals surface area contributed by atoms with Gasteiger partial charge in [0.25, 0.3) is 5.91 Å². The van der Waals surface area contributed by atoms with E-state index in [2.05, 4.69) is 33.7 Å². The van der Waals surface area contributed by atoms with E-state index < -0.39 is 0 Å².